The van der Waals surface area contributed by atoms with E-state index in [0.29, 0.717) is 17.6 Å². The molecular weight excluding hydrogens is 236 g/mol. The third-order valence-corrected chi connectivity index (χ3v) is 5.26. The zero-order chi connectivity index (χ0) is 13.1. The number of likely N-dealkylation sites (tertiary alicyclic amines) is 2. The lowest BCUT2D eigenvalue weighted by Crippen LogP contribution is -2.41. The normalized spacial score (nSPS) is 34.2. The van der Waals surface area contributed by atoms with Gasteiger partial charge in [0.1, 0.15) is 5.78 Å². The highest BCUT2D eigenvalue weighted by atomic mass is 16.1. The number of rotatable bonds is 4. The molecule has 2 atom stereocenters. The third kappa shape index (κ3) is 3.38. The van der Waals surface area contributed by atoms with Crippen molar-refractivity contribution in [3.8, 4) is 0 Å². The van der Waals surface area contributed by atoms with E-state index in [2.05, 4.69) is 9.80 Å². The minimum absolute atomic E-state index is 0.347. The first-order valence-corrected chi connectivity index (χ1v) is 8.31. The van der Waals surface area contributed by atoms with Crippen LogP contribution in [0.25, 0.3) is 0 Å². The Morgan fingerprint density at radius 1 is 0.737 bits per heavy atom. The molecule has 3 aliphatic rings. The van der Waals surface area contributed by atoms with Crippen LogP contribution in [-0.2, 0) is 4.79 Å². The van der Waals surface area contributed by atoms with Crippen LogP contribution in [0.4, 0.5) is 0 Å². The minimum Gasteiger partial charge on any atom is -0.303 e. The molecule has 0 aromatic carbocycles. The standard InChI is InChI=1S/C16H28N2O/c19-16-14(12-17-8-1-2-9-17)6-5-7-15(16)13-18-10-3-4-11-18/h14-15H,1-13H2/t14-,15+. The maximum atomic E-state index is 12.6. The number of carbonyl (C=O) groups is 1. The molecule has 1 saturated carbocycles. The molecule has 3 rings (SSSR count). The number of ketones is 1. The molecule has 19 heavy (non-hydrogen) atoms. The van der Waals surface area contributed by atoms with Gasteiger partial charge in [0, 0.05) is 24.9 Å². The van der Waals surface area contributed by atoms with Gasteiger partial charge in [0.05, 0.1) is 0 Å². The second-order valence-corrected chi connectivity index (χ2v) is 6.74. The van der Waals surface area contributed by atoms with Crippen LogP contribution < -0.4 is 0 Å². The van der Waals surface area contributed by atoms with E-state index in [4.69, 9.17) is 0 Å². The second kappa shape index (κ2) is 6.36. The Balaban J connectivity index is 1.52. The van der Waals surface area contributed by atoms with Crippen molar-refractivity contribution in [1.82, 2.24) is 9.80 Å². The van der Waals surface area contributed by atoms with E-state index >= 15 is 0 Å². The average Bonchev–Trinajstić information content (AvgIpc) is 3.07. The van der Waals surface area contributed by atoms with Crippen molar-refractivity contribution in [2.45, 2.75) is 44.9 Å². The average molecular weight is 264 g/mol. The van der Waals surface area contributed by atoms with Gasteiger partial charge in [-0.05, 0) is 64.7 Å². The van der Waals surface area contributed by atoms with Crippen LogP contribution in [0.15, 0.2) is 0 Å². The van der Waals surface area contributed by atoms with Crippen molar-refractivity contribution in [1.29, 1.82) is 0 Å². The summed E-state index contributed by atoms with van der Waals surface area (Å²) in [6, 6.07) is 0. The van der Waals surface area contributed by atoms with Gasteiger partial charge in [-0.1, -0.05) is 6.42 Å². The number of Topliss-reactive ketones (excluding diaryl/α,β-unsaturated/α-hetero) is 1. The molecule has 2 saturated heterocycles. The zero-order valence-corrected chi connectivity index (χ0v) is 12.1. The Labute approximate surface area is 117 Å². The molecule has 0 amide bonds. The number of hydrogen-bond acceptors (Lipinski definition) is 3. The fourth-order valence-corrected chi connectivity index (χ4v) is 4.14. The van der Waals surface area contributed by atoms with E-state index in [1.54, 1.807) is 0 Å². The summed E-state index contributed by atoms with van der Waals surface area (Å²) >= 11 is 0. The summed E-state index contributed by atoms with van der Waals surface area (Å²) in [5.41, 5.74) is 0. The van der Waals surface area contributed by atoms with Crippen molar-refractivity contribution >= 4 is 5.78 Å². The largest absolute Gasteiger partial charge is 0.303 e. The molecule has 0 N–H and O–H groups in total. The van der Waals surface area contributed by atoms with Gasteiger partial charge in [-0.3, -0.25) is 4.79 Å². The monoisotopic (exact) mass is 264 g/mol. The summed E-state index contributed by atoms with van der Waals surface area (Å²) in [4.78, 5) is 17.7. The predicted octanol–water partition coefficient (Wildman–Crippen LogP) is 2.16. The SMILES string of the molecule is O=C1[C@@H](CN2CCCC2)CCC[C@H]1CN1CCCC1. The first-order chi connectivity index (χ1) is 9.33. The highest BCUT2D eigenvalue weighted by Crippen LogP contribution is 2.28. The number of carbonyl (C=O) groups excluding carboxylic acids is 1. The molecule has 0 spiro atoms. The maximum Gasteiger partial charge on any atom is 0.141 e. The van der Waals surface area contributed by atoms with Crippen LogP contribution >= 0.6 is 0 Å². The van der Waals surface area contributed by atoms with Crippen molar-refractivity contribution in [2.75, 3.05) is 39.3 Å². The Kier molecular flexibility index (Phi) is 4.54. The first-order valence-electron chi connectivity index (χ1n) is 8.31. The van der Waals surface area contributed by atoms with Crippen LogP contribution in [0.1, 0.15) is 44.9 Å². The molecule has 3 nitrogen and oxygen atoms in total. The fraction of sp³-hybridized carbons (Fsp3) is 0.938. The summed E-state index contributed by atoms with van der Waals surface area (Å²) in [6.07, 6.45) is 8.88. The Morgan fingerprint density at radius 2 is 1.16 bits per heavy atom. The van der Waals surface area contributed by atoms with Crippen LogP contribution in [0.2, 0.25) is 0 Å². The molecule has 1 aliphatic carbocycles. The van der Waals surface area contributed by atoms with E-state index < -0.39 is 0 Å². The molecule has 3 heteroatoms. The molecule has 0 bridgehead atoms. The van der Waals surface area contributed by atoms with Gasteiger partial charge in [-0.25, -0.2) is 0 Å². The summed E-state index contributed by atoms with van der Waals surface area (Å²) < 4.78 is 0. The summed E-state index contributed by atoms with van der Waals surface area (Å²) in [5, 5.41) is 0. The van der Waals surface area contributed by atoms with Gasteiger partial charge in [-0.15, -0.1) is 0 Å². The lowest BCUT2D eigenvalue weighted by molar-refractivity contribution is -0.130. The predicted molar refractivity (Wildman–Crippen MR) is 77.2 cm³/mol. The Morgan fingerprint density at radius 3 is 1.58 bits per heavy atom. The second-order valence-electron chi connectivity index (χ2n) is 6.74. The van der Waals surface area contributed by atoms with Crippen LogP contribution in [0.5, 0.6) is 0 Å². The van der Waals surface area contributed by atoms with Crippen molar-refractivity contribution in [3.05, 3.63) is 0 Å². The van der Waals surface area contributed by atoms with E-state index in [9.17, 15) is 4.79 Å². The minimum atomic E-state index is 0.347. The smallest absolute Gasteiger partial charge is 0.141 e. The van der Waals surface area contributed by atoms with Gasteiger partial charge in [0.2, 0.25) is 0 Å². The topological polar surface area (TPSA) is 23.6 Å². The zero-order valence-electron chi connectivity index (χ0n) is 12.1. The van der Waals surface area contributed by atoms with E-state index in [-0.39, 0.29) is 0 Å². The third-order valence-electron chi connectivity index (χ3n) is 5.26. The summed E-state index contributed by atoms with van der Waals surface area (Å²) in [7, 11) is 0. The molecule has 0 aromatic rings. The van der Waals surface area contributed by atoms with Gasteiger partial charge in [0.25, 0.3) is 0 Å². The van der Waals surface area contributed by atoms with E-state index in [1.807, 2.05) is 0 Å². The summed E-state index contributed by atoms with van der Waals surface area (Å²) in [5.74, 6) is 1.28. The lowest BCUT2D eigenvalue weighted by Gasteiger charge is -2.32. The molecule has 0 radical (unpaired) electrons. The van der Waals surface area contributed by atoms with Crippen molar-refractivity contribution < 1.29 is 4.79 Å². The van der Waals surface area contributed by atoms with Gasteiger partial charge < -0.3 is 9.80 Å². The highest BCUT2D eigenvalue weighted by molar-refractivity contribution is 5.84. The van der Waals surface area contributed by atoms with Crippen molar-refractivity contribution in [2.24, 2.45) is 11.8 Å². The molecule has 3 fully saturated rings. The Bertz CT molecular complexity index is 278. The lowest BCUT2D eigenvalue weighted by atomic mass is 9.79. The van der Waals surface area contributed by atoms with Crippen LogP contribution in [0.3, 0.4) is 0 Å². The van der Waals surface area contributed by atoms with Gasteiger partial charge in [-0.2, -0.15) is 0 Å². The number of nitrogens with zero attached hydrogens (tertiary/aromatic N) is 2. The molecule has 2 heterocycles. The van der Waals surface area contributed by atoms with Crippen LogP contribution in [-0.4, -0.2) is 54.9 Å². The van der Waals surface area contributed by atoms with Crippen molar-refractivity contribution in [3.63, 3.8) is 0 Å². The van der Waals surface area contributed by atoms with Gasteiger partial charge in [0.15, 0.2) is 0 Å². The first kappa shape index (κ1) is 13.6. The number of hydrogen-bond donors (Lipinski definition) is 0. The molecule has 2 aliphatic heterocycles. The molecule has 0 unspecified atom stereocenters. The van der Waals surface area contributed by atoms with Gasteiger partial charge >= 0.3 is 0 Å². The van der Waals surface area contributed by atoms with Crippen LogP contribution in [0, 0.1) is 11.8 Å². The maximum absolute atomic E-state index is 12.6. The Hall–Kier alpha value is -0.410. The molecular formula is C16H28N2O. The fourth-order valence-electron chi connectivity index (χ4n) is 4.14. The highest BCUT2D eigenvalue weighted by Gasteiger charge is 2.33. The van der Waals surface area contributed by atoms with E-state index in [0.717, 1.165) is 25.9 Å². The quantitative estimate of drug-likeness (QED) is 0.777. The summed E-state index contributed by atoms with van der Waals surface area (Å²) in [6.45, 7) is 6.99. The molecule has 0 aromatic heterocycles. The molecule has 108 valence electrons. The van der Waals surface area contributed by atoms with E-state index in [1.165, 1.54) is 58.3 Å².